The predicted molar refractivity (Wildman–Crippen MR) is 151 cm³/mol. The summed E-state index contributed by atoms with van der Waals surface area (Å²) in [5.74, 6) is -0.379. The van der Waals surface area contributed by atoms with Gasteiger partial charge in [0.25, 0.3) is 11.5 Å². The van der Waals surface area contributed by atoms with Gasteiger partial charge in [-0.15, -0.1) is 0 Å². The van der Waals surface area contributed by atoms with Crippen LogP contribution in [0.1, 0.15) is 45.5 Å². The third-order valence-corrected chi connectivity index (χ3v) is 8.08. The Labute approximate surface area is 245 Å². The first-order chi connectivity index (χ1) is 19.8. The van der Waals surface area contributed by atoms with Crippen LogP contribution in [0.25, 0.3) is 22.7 Å². The highest BCUT2D eigenvalue weighted by molar-refractivity contribution is 9.10. The number of fused-ring (bicyclic) bond motifs is 2. The predicted octanol–water partition coefficient (Wildman–Crippen LogP) is 4.69. The SMILES string of the molecule is Cc1cc(C)n(-c2nc3c(c(=O)n2-c2cnc4c(cnn4C)c2)CC(C)N(C(=O)c2ccc(Br)c(C(F)(F)F)c2)C3)n1. The zero-order valence-electron chi connectivity index (χ0n) is 22.9. The van der Waals surface area contributed by atoms with E-state index in [1.807, 2.05) is 19.9 Å². The molecule has 0 N–H and O–H groups in total. The van der Waals surface area contributed by atoms with E-state index in [9.17, 15) is 22.8 Å². The van der Waals surface area contributed by atoms with Gasteiger partial charge in [0.1, 0.15) is 0 Å². The van der Waals surface area contributed by atoms with Gasteiger partial charge in [0.2, 0.25) is 5.95 Å². The fraction of sp³-hybridized carbons (Fsp3) is 0.286. The lowest BCUT2D eigenvalue weighted by Crippen LogP contribution is -2.46. The van der Waals surface area contributed by atoms with Gasteiger partial charge in [-0.1, -0.05) is 15.9 Å². The number of rotatable bonds is 3. The number of aryl methyl sites for hydroxylation is 3. The molecule has 5 aromatic rings. The summed E-state index contributed by atoms with van der Waals surface area (Å²) in [7, 11) is 1.77. The van der Waals surface area contributed by atoms with Crippen LogP contribution in [0.5, 0.6) is 0 Å². The van der Waals surface area contributed by atoms with Gasteiger partial charge in [0, 0.05) is 39.8 Å². The Bertz CT molecular complexity index is 1960. The van der Waals surface area contributed by atoms with Crippen molar-refractivity contribution in [3.05, 3.63) is 91.3 Å². The van der Waals surface area contributed by atoms with E-state index in [1.165, 1.54) is 21.6 Å². The maximum Gasteiger partial charge on any atom is 0.417 e. The molecule has 0 saturated carbocycles. The number of halogens is 4. The first-order valence-electron chi connectivity index (χ1n) is 13.0. The van der Waals surface area contributed by atoms with E-state index in [1.54, 1.807) is 41.8 Å². The highest BCUT2D eigenvalue weighted by atomic mass is 79.9. The van der Waals surface area contributed by atoms with Crippen LogP contribution in [0.15, 0.2) is 52.0 Å². The van der Waals surface area contributed by atoms with Crippen molar-refractivity contribution in [2.75, 3.05) is 0 Å². The molecule has 1 aliphatic rings. The van der Waals surface area contributed by atoms with Crippen molar-refractivity contribution in [2.45, 2.75) is 46.0 Å². The highest BCUT2D eigenvalue weighted by Gasteiger charge is 2.36. The van der Waals surface area contributed by atoms with Gasteiger partial charge >= 0.3 is 6.18 Å². The Morgan fingerprint density at radius 2 is 1.88 bits per heavy atom. The van der Waals surface area contributed by atoms with Gasteiger partial charge < -0.3 is 4.90 Å². The number of hydrogen-bond donors (Lipinski definition) is 0. The Morgan fingerprint density at radius 1 is 1.12 bits per heavy atom. The van der Waals surface area contributed by atoms with Crippen LogP contribution in [0.2, 0.25) is 0 Å². The first kappa shape index (κ1) is 27.8. The number of aromatic nitrogens is 7. The lowest BCUT2D eigenvalue weighted by molar-refractivity contribution is -0.138. The normalized spacial score (nSPS) is 15.3. The average molecular weight is 641 g/mol. The van der Waals surface area contributed by atoms with Gasteiger partial charge in [-0.05, 0) is 57.5 Å². The lowest BCUT2D eigenvalue weighted by atomic mass is 9.98. The lowest BCUT2D eigenvalue weighted by Gasteiger charge is -2.34. The van der Waals surface area contributed by atoms with Crippen LogP contribution in [0, 0.1) is 13.8 Å². The van der Waals surface area contributed by atoms with Gasteiger partial charge in [0.15, 0.2) is 5.65 Å². The van der Waals surface area contributed by atoms with Crippen LogP contribution in [-0.2, 0) is 26.2 Å². The van der Waals surface area contributed by atoms with Crippen LogP contribution < -0.4 is 5.56 Å². The molecule has 1 aliphatic heterocycles. The molecule has 0 radical (unpaired) electrons. The van der Waals surface area contributed by atoms with Crippen molar-refractivity contribution in [1.82, 2.24) is 39.0 Å². The van der Waals surface area contributed by atoms with Crippen molar-refractivity contribution >= 4 is 32.9 Å². The minimum Gasteiger partial charge on any atom is -0.330 e. The molecule has 5 heterocycles. The number of carbonyl (C=O) groups excluding carboxylic acids is 1. The van der Waals surface area contributed by atoms with Gasteiger partial charge in [0.05, 0.1) is 41.6 Å². The topological polar surface area (TPSA) is 104 Å². The summed E-state index contributed by atoms with van der Waals surface area (Å²) < 4.78 is 45.1. The molecule has 1 atom stereocenters. The molecule has 0 aliphatic carbocycles. The first-order valence-corrected chi connectivity index (χ1v) is 13.8. The molecule has 1 aromatic carbocycles. The van der Waals surface area contributed by atoms with Crippen LogP contribution in [0.4, 0.5) is 13.2 Å². The molecule has 42 heavy (non-hydrogen) atoms. The molecular formula is C28H24BrF3N8O2. The number of benzene rings is 1. The summed E-state index contributed by atoms with van der Waals surface area (Å²) >= 11 is 2.92. The van der Waals surface area contributed by atoms with Crippen molar-refractivity contribution in [3.8, 4) is 11.6 Å². The molecule has 0 bridgehead atoms. The molecule has 216 valence electrons. The third kappa shape index (κ3) is 4.59. The quantitative estimate of drug-likeness (QED) is 0.284. The number of alkyl halides is 3. The van der Waals surface area contributed by atoms with E-state index in [-0.39, 0.29) is 34.5 Å². The second-order valence-corrected chi connectivity index (χ2v) is 11.2. The highest BCUT2D eigenvalue weighted by Crippen LogP contribution is 2.36. The van der Waals surface area contributed by atoms with E-state index < -0.39 is 23.7 Å². The van der Waals surface area contributed by atoms with Gasteiger partial charge in [-0.2, -0.15) is 23.4 Å². The standard InChI is InChI=1S/C28H24BrF3N8O2/c1-14-7-16(3)40(36-14)27-35-23-13-38(25(41)17-5-6-22(29)21(10-17)28(30,31)32)15(2)8-20(23)26(42)39(27)19-9-18-11-34-37(4)24(18)33-12-19/h5-7,9-12,15H,8,13H2,1-4H3. The number of amides is 1. The van der Waals surface area contributed by atoms with E-state index >= 15 is 0 Å². The largest absolute Gasteiger partial charge is 0.417 e. The van der Waals surface area contributed by atoms with E-state index in [0.717, 1.165) is 17.1 Å². The number of pyridine rings is 1. The van der Waals surface area contributed by atoms with Gasteiger partial charge in [-0.3, -0.25) is 14.3 Å². The Hall–Kier alpha value is -4.33. The molecule has 6 rings (SSSR count). The summed E-state index contributed by atoms with van der Waals surface area (Å²) in [5.41, 5.74) is 1.95. The Kier molecular flexibility index (Phi) is 6.55. The fourth-order valence-corrected chi connectivity index (χ4v) is 5.79. The maximum absolute atomic E-state index is 14.2. The van der Waals surface area contributed by atoms with E-state index in [0.29, 0.717) is 28.3 Å². The molecule has 14 heteroatoms. The number of carbonyl (C=O) groups is 1. The zero-order valence-corrected chi connectivity index (χ0v) is 24.5. The minimum absolute atomic E-state index is 0.0605. The molecule has 10 nitrogen and oxygen atoms in total. The number of nitrogens with zero attached hydrogens (tertiary/aromatic N) is 8. The summed E-state index contributed by atoms with van der Waals surface area (Å²) in [4.78, 5) is 38.5. The van der Waals surface area contributed by atoms with E-state index in [2.05, 4.69) is 31.1 Å². The van der Waals surface area contributed by atoms with Gasteiger partial charge in [-0.25, -0.2) is 19.2 Å². The fourth-order valence-electron chi connectivity index (χ4n) is 5.32. The third-order valence-electron chi connectivity index (χ3n) is 7.39. The summed E-state index contributed by atoms with van der Waals surface area (Å²) in [6.45, 7) is 5.35. The Morgan fingerprint density at radius 3 is 2.57 bits per heavy atom. The molecule has 0 saturated heterocycles. The average Bonchev–Trinajstić information content (AvgIpc) is 3.47. The van der Waals surface area contributed by atoms with Crippen molar-refractivity contribution in [2.24, 2.45) is 7.05 Å². The minimum atomic E-state index is -4.63. The summed E-state index contributed by atoms with van der Waals surface area (Å²) in [5, 5.41) is 9.52. The monoisotopic (exact) mass is 640 g/mol. The van der Waals surface area contributed by atoms with Crippen LogP contribution in [0.3, 0.4) is 0 Å². The smallest absolute Gasteiger partial charge is 0.330 e. The zero-order chi connectivity index (χ0) is 30.1. The molecule has 0 fully saturated rings. The molecule has 4 aromatic heterocycles. The maximum atomic E-state index is 14.2. The van der Waals surface area contributed by atoms with Crippen molar-refractivity contribution in [1.29, 1.82) is 0 Å². The molecule has 1 amide bonds. The van der Waals surface area contributed by atoms with E-state index in [4.69, 9.17) is 4.98 Å². The van der Waals surface area contributed by atoms with Crippen LogP contribution in [-0.4, -0.2) is 50.9 Å². The van der Waals surface area contributed by atoms with Crippen molar-refractivity contribution in [3.63, 3.8) is 0 Å². The Balaban J connectivity index is 1.48. The molecular weight excluding hydrogens is 617 g/mol. The van der Waals surface area contributed by atoms with Crippen molar-refractivity contribution < 1.29 is 18.0 Å². The van der Waals surface area contributed by atoms with Crippen LogP contribution >= 0.6 is 15.9 Å². The second kappa shape index (κ2) is 9.89. The number of hydrogen-bond acceptors (Lipinski definition) is 6. The molecule has 0 spiro atoms. The molecule has 1 unspecified atom stereocenters. The summed E-state index contributed by atoms with van der Waals surface area (Å²) in [6.07, 6.45) is -1.24. The second-order valence-electron chi connectivity index (χ2n) is 10.4. The summed E-state index contributed by atoms with van der Waals surface area (Å²) in [6, 6.07) is 6.56.